The van der Waals surface area contributed by atoms with E-state index in [0.29, 0.717) is 17.2 Å². The molecule has 2 amide bonds. The van der Waals surface area contributed by atoms with Crippen LogP contribution in [0.2, 0.25) is 5.02 Å². The smallest absolute Gasteiger partial charge is 0.417 e. The van der Waals surface area contributed by atoms with Gasteiger partial charge in [-0.05, 0) is 74.4 Å². The maximum atomic E-state index is 13.1. The van der Waals surface area contributed by atoms with Crippen LogP contribution in [-0.2, 0) is 6.18 Å². The zero-order valence-electron chi connectivity index (χ0n) is 21.7. The van der Waals surface area contributed by atoms with E-state index in [0.717, 1.165) is 41.8 Å². The van der Waals surface area contributed by atoms with Gasteiger partial charge in [0.2, 0.25) is 0 Å². The number of carbonyl (C=O) groups is 1. The van der Waals surface area contributed by atoms with Crippen molar-refractivity contribution >= 4 is 34.7 Å². The Hall–Kier alpha value is -3.78. The van der Waals surface area contributed by atoms with Gasteiger partial charge in [-0.25, -0.2) is 4.79 Å². The van der Waals surface area contributed by atoms with E-state index < -0.39 is 22.8 Å². The summed E-state index contributed by atoms with van der Waals surface area (Å²) in [5.41, 5.74) is 2.17. The molecule has 0 radical (unpaired) electrons. The van der Waals surface area contributed by atoms with Gasteiger partial charge in [0.25, 0.3) is 0 Å². The van der Waals surface area contributed by atoms with Crippen molar-refractivity contribution in [1.82, 2.24) is 0 Å². The van der Waals surface area contributed by atoms with Gasteiger partial charge in [-0.3, -0.25) is 4.99 Å². The van der Waals surface area contributed by atoms with E-state index in [2.05, 4.69) is 29.1 Å². The molecule has 0 saturated heterocycles. The molecule has 2 N–H and O–H groups in total. The third-order valence-electron chi connectivity index (χ3n) is 5.33. The third-order valence-corrected chi connectivity index (χ3v) is 5.66. The van der Waals surface area contributed by atoms with Crippen LogP contribution >= 0.6 is 11.6 Å². The molecule has 0 saturated carbocycles. The molecule has 38 heavy (non-hydrogen) atoms. The number of hydrogen-bond donors (Lipinski definition) is 2. The van der Waals surface area contributed by atoms with Crippen molar-refractivity contribution < 1.29 is 22.7 Å². The third kappa shape index (κ3) is 8.66. The standard InChI is InChI=1S/C29H31ClF3N3O2/c1-6-9-23(19(4)26(34-5)10-7-2)27(11-8-3)38-22-15-12-20(13-16-22)35-28(37)36-21-14-17-25(30)24(18-21)29(31,32)33/h6,8-9,11-18H,3,7,10H2,1-2,4-5H3,(H2,35,36,37)/b9-6?,23-19?,27-11+,34-26?. The molecule has 0 aliphatic carbocycles. The Kier molecular flexibility index (Phi) is 11.4. The van der Waals surface area contributed by atoms with Crippen LogP contribution in [-0.4, -0.2) is 18.8 Å². The van der Waals surface area contributed by atoms with Gasteiger partial charge < -0.3 is 15.4 Å². The van der Waals surface area contributed by atoms with Crippen LogP contribution in [0.15, 0.2) is 95.2 Å². The summed E-state index contributed by atoms with van der Waals surface area (Å²) in [6, 6.07) is 9.00. The Morgan fingerprint density at radius 1 is 1.13 bits per heavy atom. The zero-order chi connectivity index (χ0) is 28.3. The maximum Gasteiger partial charge on any atom is 0.417 e. The van der Waals surface area contributed by atoms with Gasteiger partial charge in [-0.15, -0.1) is 0 Å². The van der Waals surface area contributed by atoms with Gasteiger partial charge in [-0.2, -0.15) is 13.2 Å². The molecule has 0 unspecified atom stereocenters. The number of aliphatic imine (C=N–C) groups is 1. The van der Waals surface area contributed by atoms with E-state index >= 15 is 0 Å². The quantitative estimate of drug-likeness (QED) is 0.177. The number of alkyl halides is 3. The number of allylic oxidation sites excluding steroid dienone is 5. The number of hydrogen-bond acceptors (Lipinski definition) is 3. The summed E-state index contributed by atoms with van der Waals surface area (Å²) >= 11 is 5.63. The number of benzene rings is 2. The fourth-order valence-electron chi connectivity index (χ4n) is 3.55. The second-order valence-corrected chi connectivity index (χ2v) is 8.53. The van der Waals surface area contributed by atoms with E-state index in [4.69, 9.17) is 16.3 Å². The molecule has 0 heterocycles. The van der Waals surface area contributed by atoms with E-state index in [-0.39, 0.29) is 5.69 Å². The molecular weight excluding hydrogens is 515 g/mol. The number of urea groups is 1. The number of carbonyl (C=O) groups excluding carboxylic acids is 1. The fraction of sp³-hybridized carbons (Fsp3) is 0.241. The number of nitrogens with zero attached hydrogens (tertiary/aromatic N) is 1. The summed E-state index contributed by atoms with van der Waals surface area (Å²) in [6.07, 6.45) is 4.42. The van der Waals surface area contributed by atoms with Crippen molar-refractivity contribution in [2.45, 2.75) is 39.8 Å². The van der Waals surface area contributed by atoms with Crippen molar-refractivity contribution in [2.24, 2.45) is 4.99 Å². The average molecular weight is 546 g/mol. The highest BCUT2D eigenvalue weighted by Gasteiger charge is 2.33. The summed E-state index contributed by atoms with van der Waals surface area (Å²) < 4.78 is 45.4. The minimum Gasteiger partial charge on any atom is -0.457 e. The summed E-state index contributed by atoms with van der Waals surface area (Å²) in [5.74, 6) is 1.09. The molecule has 0 aromatic heterocycles. The second kappa shape index (κ2) is 14.2. The van der Waals surface area contributed by atoms with Crippen molar-refractivity contribution in [1.29, 1.82) is 0 Å². The van der Waals surface area contributed by atoms with E-state index in [1.54, 1.807) is 43.5 Å². The largest absolute Gasteiger partial charge is 0.457 e. The minimum absolute atomic E-state index is 0.0462. The SMILES string of the molecule is C=C/C=C(/Oc1ccc(NC(=O)Nc2ccc(Cl)c(C(F)(F)F)c2)cc1)C(C=CC)=C(C)C(CCC)=NC. The molecule has 2 aromatic carbocycles. The monoisotopic (exact) mass is 545 g/mol. The summed E-state index contributed by atoms with van der Waals surface area (Å²) in [5, 5.41) is 4.51. The topological polar surface area (TPSA) is 62.7 Å². The highest BCUT2D eigenvalue weighted by atomic mass is 35.5. The molecule has 0 spiro atoms. The number of nitrogens with one attached hydrogen (secondary N) is 2. The lowest BCUT2D eigenvalue weighted by Gasteiger charge is -2.16. The Balaban J connectivity index is 2.19. The predicted octanol–water partition coefficient (Wildman–Crippen LogP) is 9.21. The normalized spacial score (nSPS) is 13.3. The highest BCUT2D eigenvalue weighted by molar-refractivity contribution is 6.31. The van der Waals surface area contributed by atoms with Crippen LogP contribution in [0.3, 0.4) is 0 Å². The molecule has 2 aromatic rings. The zero-order valence-corrected chi connectivity index (χ0v) is 22.5. The summed E-state index contributed by atoms with van der Waals surface area (Å²) in [7, 11) is 1.77. The molecule has 0 aliphatic heterocycles. The van der Waals surface area contributed by atoms with Crippen LogP contribution < -0.4 is 15.4 Å². The number of amides is 2. The average Bonchev–Trinajstić information content (AvgIpc) is 2.87. The highest BCUT2D eigenvalue weighted by Crippen LogP contribution is 2.36. The van der Waals surface area contributed by atoms with Gasteiger partial charge in [0, 0.05) is 29.7 Å². The van der Waals surface area contributed by atoms with Crippen LogP contribution in [0, 0.1) is 0 Å². The number of ether oxygens (including phenoxy) is 1. The first-order valence-electron chi connectivity index (χ1n) is 11.9. The van der Waals surface area contributed by atoms with Crippen molar-refractivity contribution in [3.63, 3.8) is 0 Å². The fourth-order valence-corrected chi connectivity index (χ4v) is 3.78. The molecule has 0 atom stereocenters. The predicted molar refractivity (Wildman–Crippen MR) is 150 cm³/mol. The van der Waals surface area contributed by atoms with Crippen LogP contribution in [0.25, 0.3) is 0 Å². The molecule has 2 rings (SSSR count). The van der Waals surface area contributed by atoms with E-state index in [1.165, 1.54) is 6.07 Å². The Bertz CT molecular complexity index is 1260. The first kappa shape index (κ1) is 30.4. The lowest BCUT2D eigenvalue weighted by Crippen LogP contribution is -2.19. The summed E-state index contributed by atoms with van der Waals surface area (Å²) in [6.45, 7) is 9.80. The molecule has 0 fully saturated rings. The Labute approximate surface area is 226 Å². The lowest BCUT2D eigenvalue weighted by atomic mass is 9.99. The van der Waals surface area contributed by atoms with Crippen molar-refractivity contribution in [3.05, 3.63) is 101 Å². The van der Waals surface area contributed by atoms with E-state index in [9.17, 15) is 18.0 Å². The van der Waals surface area contributed by atoms with Gasteiger partial charge in [0.05, 0.1) is 10.6 Å². The molecule has 9 heteroatoms. The van der Waals surface area contributed by atoms with E-state index in [1.807, 2.05) is 26.0 Å². The lowest BCUT2D eigenvalue weighted by molar-refractivity contribution is -0.137. The van der Waals surface area contributed by atoms with Crippen LogP contribution in [0.4, 0.5) is 29.3 Å². The molecule has 0 aliphatic rings. The molecule has 0 bridgehead atoms. The first-order valence-corrected chi connectivity index (χ1v) is 12.3. The van der Waals surface area contributed by atoms with Gasteiger partial charge in [0.1, 0.15) is 11.5 Å². The van der Waals surface area contributed by atoms with Crippen LogP contribution in [0.5, 0.6) is 5.75 Å². The number of anilines is 2. The Morgan fingerprint density at radius 3 is 2.32 bits per heavy atom. The molecule has 5 nitrogen and oxygen atoms in total. The number of halogens is 4. The second-order valence-electron chi connectivity index (χ2n) is 8.12. The van der Waals surface area contributed by atoms with Crippen molar-refractivity contribution in [2.75, 3.05) is 17.7 Å². The number of rotatable bonds is 10. The van der Waals surface area contributed by atoms with Gasteiger partial charge >= 0.3 is 12.2 Å². The Morgan fingerprint density at radius 2 is 1.76 bits per heavy atom. The summed E-state index contributed by atoms with van der Waals surface area (Å²) in [4.78, 5) is 16.8. The minimum atomic E-state index is -4.64. The maximum absolute atomic E-state index is 13.1. The molecular formula is C29H31ClF3N3O2. The molecule has 202 valence electrons. The van der Waals surface area contributed by atoms with Gasteiger partial charge in [0.15, 0.2) is 0 Å². The van der Waals surface area contributed by atoms with Gasteiger partial charge in [-0.1, -0.05) is 49.8 Å². The van der Waals surface area contributed by atoms with Crippen molar-refractivity contribution in [3.8, 4) is 5.75 Å². The first-order chi connectivity index (χ1) is 18.0. The van der Waals surface area contributed by atoms with Crippen LogP contribution in [0.1, 0.15) is 39.2 Å².